The van der Waals surface area contributed by atoms with E-state index in [0.717, 1.165) is 6.42 Å². The fourth-order valence-corrected chi connectivity index (χ4v) is 4.07. The van der Waals surface area contributed by atoms with Crippen molar-refractivity contribution < 1.29 is 0 Å². The summed E-state index contributed by atoms with van der Waals surface area (Å²) in [6.45, 7) is 0. The number of fused-ring (bicyclic) bond motifs is 6. The highest BCUT2D eigenvalue weighted by Crippen LogP contribution is 2.42. The molecule has 0 saturated carbocycles. The topological polar surface area (TPSA) is 40.7 Å². The minimum atomic E-state index is 0.539. The Bertz CT molecular complexity index is 819. The largest absolute Gasteiger partial charge is 0.358 e. The standard InChI is InChI=1S/C18H17N3/c1-4-13(11-3-2-8-19-10-11)18-14(5-1)17-15-7-6-12(20-15)9-16(17)21-18/h1-5,8,10,12,15,20-21H,6-7,9H2. The van der Waals surface area contributed by atoms with E-state index < -0.39 is 0 Å². The van der Waals surface area contributed by atoms with Crippen molar-refractivity contribution in [2.75, 3.05) is 0 Å². The average molecular weight is 275 g/mol. The lowest BCUT2D eigenvalue weighted by atomic mass is 9.97. The van der Waals surface area contributed by atoms with Gasteiger partial charge in [-0.25, -0.2) is 0 Å². The van der Waals surface area contributed by atoms with E-state index in [-0.39, 0.29) is 0 Å². The molecule has 1 saturated heterocycles. The van der Waals surface area contributed by atoms with E-state index >= 15 is 0 Å². The Morgan fingerprint density at radius 1 is 1.10 bits per heavy atom. The molecule has 2 N–H and O–H groups in total. The third kappa shape index (κ3) is 1.61. The number of rotatable bonds is 1. The molecule has 3 aromatic rings. The van der Waals surface area contributed by atoms with Gasteiger partial charge in [0.25, 0.3) is 0 Å². The fraction of sp³-hybridized carbons (Fsp3) is 0.278. The molecule has 4 heterocycles. The molecular weight excluding hydrogens is 258 g/mol. The number of benzene rings is 1. The van der Waals surface area contributed by atoms with E-state index in [0.29, 0.717) is 12.1 Å². The van der Waals surface area contributed by atoms with Gasteiger partial charge in [0, 0.05) is 53.1 Å². The predicted octanol–water partition coefficient (Wildman–Crippen LogP) is 3.58. The summed E-state index contributed by atoms with van der Waals surface area (Å²) in [5.74, 6) is 0. The van der Waals surface area contributed by atoms with Crippen LogP contribution in [0, 0.1) is 0 Å². The van der Waals surface area contributed by atoms with Crippen LogP contribution < -0.4 is 5.32 Å². The number of aromatic amines is 1. The van der Waals surface area contributed by atoms with Gasteiger partial charge in [0.05, 0.1) is 5.52 Å². The molecule has 5 rings (SSSR count). The molecule has 0 spiro atoms. The first kappa shape index (κ1) is 11.5. The fourth-order valence-electron chi connectivity index (χ4n) is 4.07. The number of H-pyrrole nitrogens is 1. The second-order valence-corrected chi connectivity index (χ2v) is 6.18. The third-order valence-corrected chi connectivity index (χ3v) is 4.97. The molecule has 2 bridgehead atoms. The van der Waals surface area contributed by atoms with Crippen LogP contribution in [0.3, 0.4) is 0 Å². The summed E-state index contributed by atoms with van der Waals surface area (Å²) in [6, 6.07) is 11.9. The number of para-hydroxylation sites is 1. The quantitative estimate of drug-likeness (QED) is 0.712. The lowest BCUT2D eigenvalue weighted by Crippen LogP contribution is -2.31. The van der Waals surface area contributed by atoms with Crippen molar-refractivity contribution in [3.05, 3.63) is 54.0 Å². The molecule has 0 aliphatic carbocycles. The molecule has 0 radical (unpaired) electrons. The summed E-state index contributed by atoms with van der Waals surface area (Å²) in [5.41, 5.74) is 6.65. The van der Waals surface area contributed by atoms with Crippen molar-refractivity contribution in [1.82, 2.24) is 15.3 Å². The van der Waals surface area contributed by atoms with E-state index in [1.165, 1.54) is 46.1 Å². The summed E-state index contributed by atoms with van der Waals surface area (Å²) < 4.78 is 0. The van der Waals surface area contributed by atoms with Crippen molar-refractivity contribution in [2.45, 2.75) is 31.3 Å². The van der Waals surface area contributed by atoms with Gasteiger partial charge in [0.1, 0.15) is 0 Å². The number of nitrogens with one attached hydrogen (secondary N) is 2. The summed E-state index contributed by atoms with van der Waals surface area (Å²) in [5, 5.41) is 5.13. The first-order chi connectivity index (χ1) is 10.4. The van der Waals surface area contributed by atoms with Gasteiger partial charge >= 0.3 is 0 Å². The number of hydrogen-bond acceptors (Lipinski definition) is 2. The van der Waals surface area contributed by atoms with E-state index in [4.69, 9.17) is 0 Å². The molecule has 104 valence electrons. The summed E-state index contributed by atoms with van der Waals surface area (Å²) >= 11 is 0. The maximum Gasteiger partial charge on any atom is 0.0539 e. The van der Waals surface area contributed by atoms with Crippen LogP contribution >= 0.6 is 0 Å². The van der Waals surface area contributed by atoms with Gasteiger partial charge in [0.2, 0.25) is 0 Å². The van der Waals surface area contributed by atoms with Crippen molar-refractivity contribution in [1.29, 1.82) is 0 Å². The van der Waals surface area contributed by atoms with Crippen LogP contribution in [0.25, 0.3) is 22.0 Å². The van der Waals surface area contributed by atoms with E-state index in [1.54, 1.807) is 0 Å². The Morgan fingerprint density at radius 3 is 3.00 bits per heavy atom. The van der Waals surface area contributed by atoms with Gasteiger partial charge in [-0.15, -0.1) is 0 Å². The molecule has 2 aromatic heterocycles. The summed E-state index contributed by atoms with van der Waals surface area (Å²) in [4.78, 5) is 7.98. The molecule has 21 heavy (non-hydrogen) atoms. The molecule has 0 amide bonds. The Hall–Kier alpha value is -2.13. The molecule has 2 atom stereocenters. The first-order valence-corrected chi connectivity index (χ1v) is 7.70. The Kier molecular flexibility index (Phi) is 2.29. The van der Waals surface area contributed by atoms with Crippen LogP contribution in [0.2, 0.25) is 0 Å². The van der Waals surface area contributed by atoms with Crippen LogP contribution in [0.5, 0.6) is 0 Å². The number of pyridine rings is 1. The minimum absolute atomic E-state index is 0.539. The molecule has 2 aliphatic rings. The highest BCUT2D eigenvalue weighted by Gasteiger charge is 2.34. The van der Waals surface area contributed by atoms with Crippen molar-refractivity contribution in [2.24, 2.45) is 0 Å². The van der Waals surface area contributed by atoms with Crippen LogP contribution in [-0.2, 0) is 6.42 Å². The lowest BCUT2D eigenvalue weighted by molar-refractivity contribution is 0.513. The van der Waals surface area contributed by atoms with Crippen molar-refractivity contribution in [3.63, 3.8) is 0 Å². The van der Waals surface area contributed by atoms with Crippen LogP contribution in [0.15, 0.2) is 42.7 Å². The van der Waals surface area contributed by atoms with Gasteiger partial charge < -0.3 is 10.3 Å². The first-order valence-electron chi connectivity index (χ1n) is 7.70. The summed E-state index contributed by atoms with van der Waals surface area (Å²) in [7, 11) is 0. The van der Waals surface area contributed by atoms with E-state index in [9.17, 15) is 0 Å². The molecule has 3 heteroatoms. The number of aromatic nitrogens is 2. The van der Waals surface area contributed by atoms with Gasteiger partial charge in [-0.05, 0) is 24.5 Å². The second-order valence-electron chi connectivity index (χ2n) is 6.18. The van der Waals surface area contributed by atoms with Crippen LogP contribution in [-0.4, -0.2) is 16.0 Å². The van der Waals surface area contributed by atoms with Crippen LogP contribution in [0.4, 0.5) is 0 Å². The van der Waals surface area contributed by atoms with Gasteiger partial charge in [-0.2, -0.15) is 0 Å². The SMILES string of the molecule is c1cncc(-c2cccc3c4c([nH]c23)CC2CCC4N2)c1. The van der Waals surface area contributed by atoms with Gasteiger partial charge in [-0.1, -0.05) is 24.3 Å². The molecule has 1 fully saturated rings. The Balaban J connectivity index is 1.78. The Labute approximate surface area is 123 Å². The lowest BCUT2D eigenvalue weighted by Gasteiger charge is -2.21. The molecule has 1 aromatic carbocycles. The normalized spacial score (nSPS) is 23.4. The summed E-state index contributed by atoms with van der Waals surface area (Å²) in [6.07, 6.45) is 7.47. The highest BCUT2D eigenvalue weighted by molar-refractivity contribution is 5.97. The zero-order chi connectivity index (χ0) is 13.8. The Morgan fingerprint density at radius 2 is 2.10 bits per heavy atom. The minimum Gasteiger partial charge on any atom is -0.358 e. The van der Waals surface area contributed by atoms with Gasteiger partial charge in [-0.3, -0.25) is 4.98 Å². The average Bonchev–Trinajstić information content (AvgIpc) is 3.09. The van der Waals surface area contributed by atoms with E-state index in [1.807, 2.05) is 18.5 Å². The highest BCUT2D eigenvalue weighted by atomic mass is 15.0. The maximum atomic E-state index is 4.26. The molecular formula is C18H17N3. The monoisotopic (exact) mass is 275 g/mol. The zero-order valence-electron chi connectivity index (χ0n) is 11.8. The smallest absolute Gasteiger partial charge is 0.0539 e. The number of hydrogen-bond donors (Lipinski definition) is 2. The molecule has 2 aliphatic heterocycles. The van der Waals surface area contributed by atoms with Crippen LogP contribution in [0.1, 0.15) is 30.1 Å². The predicted molar refractivity (Wildman–Crippen MR) is 84.1 cm³/mol. The molecule has 2 unspecified atom stereocenters. The van der Waals surface area contributed by atoms with Gasteiger partial charge in [0.15, 0.2) is 0 Å². The number of nitrogens with zero attached hydrogens (tertiary/aromatic N) is 1. The van der Waals surface area contributed by atoms with Crippen molar-refractivity contribution >= 4 is 10.9 Å². The second kappa shape index (κ2) is 4.18. The zero-order valence-corrected chi connectivity index (χ0v) is 11.8. The van der Waals surface area contributed by atoms with Crippen molar-refractivity contribution in [3.8, 4) is 11.1 Å². The molecule has 3 nitrogen and oxygen atoms in total. The third-order valence-electron chi connectivity index (χ3n) is 4.97. The van der Waals surface area contributed by atoms with E-state index in [2.05, 4.69) is 39.6 Å². The maximum absolute atomic E-state index is 4.26.